The molecule has 106 valence electrons. The van der Waals surface area contributed by atoms with E-state index in [4.69, 9.17) is 10.6 Å². The molecular formula is C15H16BrFN2O. The average Bonchev–Trinajstić information content (AvgIpc) is 2.44. The molecule has 0 saturated heterocycles. The first-order valence-corrected chi connectivity index (χ1v) is 6.91. The summed E-state index contributed by atoms with van der Waals surface area (Å²) in [7, 11) is 1.58. The van der Waals surface area contributed by atoms with Gasteiger partial charge in [0.2, 0.25) is 0 Å². The van der Waals surface area contributed by atoms with Gasteiger partial charge in [0.25, 0.3) is 0 Å². The van der Waals surface area contributed by atoms with Crippen LogP contribution in [0.4, 0.5) is 4.39 Å². The zero-order chi connectivity index (χ0) is 14.7. The maximum absolute atomic E-state index is 14.1. The van der Waals surface area contributed by atoms with Gasteiger partial charge in [-0.25, -0.2) is 9.82 Å². The van der Waals surface area contributed by atoms with E-state index in [2.05, 4.69) is 21.4 Å². The summed E-state index contributed by atoms with van der Waals surface area (Å²) in [5.41, 5.74) is 4.98. The lowest BCUT2D eigenvalue weighted by Gasteiger charge is -2.21. The second kappa shape index (κ2) is 6.35. The van der Waals surface area contributed by atoms with E-state index >= 15 is 0 Å². The van der Waals surface area contributed by atoms with Crippen LogP contribution in [-0.4, -0.2) is 7.11 Å². The van der Waals surface area contributed by atoms with Crippen molar-refractivity contribution in [3.63, 3.8) is 0 Å². The molecule has 0 saturated carbocycles. The number of aryl methyl sites for hydroxylation is 1. The molecule has 2 aromatic carbocycles. The third-order valence-corrected chi connectivity index (χ3v) is 3.63. The van der Waals surface area contributed by atoms with Crippen LogP contribution in [-0.2, 0) is 0 Å². The van der Waals surface area contributed by atoms with Crippen LogP contribution in [0.2, 0.25) is 0 Å². The lowest BCUT2D eigenvalue weighted by Crippen LogP contribution is -2.30. The number of methoxy groups -OCH3 is 1. The summed E-state index contributed by atoms with van der Waals surface area (Å²) < 4.78 is 20.2. The standard InChI is InChI=1S/C15H16BrFN2O/c1-9-3-6-14(20-2)12(7-9)15(19-18)11-8-10(16)4-5-13(11)17/h3-8,15,19H,18H2,1-2H3. The fraction of sp³-hybridized carbons (Fsp3) is 0.200. The minimum atomic E-state index is -0.484. The fourth-order valence-corrected chi connectivity index (χ4v) is 2.54. The van der Waals surface area contributed by atoms with Crippen LogP contribution in [0, 0.1) is 12.7 Å². The smallest absolute Gasteiger partial charge is 0.128 e. The van der Waals surface area contributed by atoms with Gasteiger partial charge >= 0.3 is 0 Å². The predicted octanol–water partition coefficient (Wildman–Crippen LogP) is 3.46. The van der Waals surface area contributed by atoms with Gasteiger partial charge in [-0.3, -0.25) is 5.84 Å². The summed E-state index contributed by atoms with van der Waals surface area (Å²) in [6, 6.07) is 10.0. The van der Waals surface area contributed by atoms with Crippen molar-refractivity contribution in [2.24, 2.45) is 5.84 Å². The third kappa shape index (κ3) is 3.00. The second-order valence-electron chi connectivity index (χ2n) is 4.51. The highest BCUT2D eigenvalue weighted by Crippen LogP contribution is 2.32. The molecule has 20 heavy (non-hydrogen) atoms. The van der Waals surface area contributed by atoms with Crippen molar-refractivity contribution in [1.29, 1.82) is 0 Å². The van der Waals surface area contributed by atoms with Crippen molar-refractivity contribution in [2.75, 3.05) is 7.11 Å². The molecule has 1 atom stereocenters. The van der Waals surface area contributed by atoms with Gasteiger partial charge in [0.1, 0.15) is 11.6 Å². The minimum absolute atomic E-state index is 0.320. The van der Waals surface area contributed by atoms with Gasteiger partial charge in [-0.15, -0.1) is 0 Å². The monoisotopic (exact) mass is 338 g/mol. The molecule has 0 amide bonds. The zero-order valence-electron chi connectivity index (χ0n) is 11.3. The van der Waals surface area contributed by atoms with E-state index in [1.807, 2.05) is 25.1 Å². The third-order valence-electron chi connectivity index (χ3n) is 3.13. The zero-order valence-corrected chi connectivity index (χ0v) is 12.9. The van der Waals surface area contributed by atoms with Crippen LogP contribution in [0.25, 0.3) is 0 Å². The molecule has 1 unspecified atom stereocenters. The molecule has 0 fully saturated rings. The molecule has 2 rings (SSSR count). The molecule has 0 aliphatic heterocycles. The highest BCUT2D eigenvalue weighted by atomic mass is 79.9. The molecule has 0 aliphatic carbocycles. The van der Waals surface area contributed by atoms with Gasteiger partial charge in [0, 0.05) is 15.6 Å². The Balaban J connectivity index is 2.57. The van der Waals surface area contributed by atoms with Crippen LogP contribution in [0.1, 0.15) is 22.7 Å². The first kappa shape index (κ1) is 15.0. The number of benzene rings is 2. The minimum Gasteiger partial charge on any atom is -0.496 e. The summed E-state index contributed by atoms with van der Waals surface area (Å²) in [5, 5.41) is 0. The van der Waals surface area contributed by atoms with E-state index in [0.717, 1.165) is 15.6 Å². The number of hydrazine groups is 1. The molecule has 2 aromatic rings. The van der Waals surface area contributed by atoms with Gasteiger partial charge in [-0.2, -0.15) is 0 Å². The molecule has 0 heterocycles. The van der Waals surface area contributed by atoms with Crippen molar-refractivity contribution in [3.8, 4) is 5.75 Å². The number of rotatable bonds is 4. The largest absolute Gasteiger partial charge is 0.496 e. The molecule has 0 bridgehead atoms. The Bertz CT molecular complexity index is 619. The van der Waals surface area contributed by atoms with Gasteiger partial charge < -0.3 is 4.74 Å². The molecular weight excluding hydrogens is 323 g/mol. The van der Waals surface area contributed by atoms with Crippen molar-refractivity contribution in [1.82, 2.24) is 5.43 Å². The fourth-order valence-electron chi connectivity index (χ4n) is 2.16. The van der Waals surface area contributed by atoms with Crippen LogP contribution >= 0.6 is 15.9 Å². The molecule has 0 radical (unpaired) electrons. The van der Waals surface area contributed by atoms with Crippen LogP contribution in [0.5, 0.6) is 5.75 Å². The Morgan fingerprint density at radius 1 is 1.20 bits per heavy atom. The summed E-state index contributed by atoms with van der Waals surface area (Å²) in [4.78, 5) is 0. The van der Waals surface area contributed by atoms with Crippen LogP contribution in [0.3, 0.4) is 0 Å². The van der Waals surface area contributed by atoms with Gasteiger partial charge in [-0.05, 0) is 31.2 Å². The topological polar surface area (TPSA) is 47.3 Å². The Kier molecular flexibility index (Phi) is 4.75. The summed E-state index contributed by atoms with van der Waals surface area (Å²) in [6.07, 6.45) is 0. The Hall–Kier alpha value is -1.43. The predicted molar refractivity (Wildman–Crippen MR) is 81.0 cm³/mol. The SMILES string of the molecule is COc1ccc(C)cc1C(NN)c1cc(Br)ccc1F. The molecule has 0 aromatic heterocycles. The summed E-state index contributed by atoms with van der Waals surface area (Å²) in [6.45, 7) is 1.97. The van der Waals surface area contributed by atoms with Crippen LogP contribution in [0.15, 0.2) is 40.9 Å². The molecule has 3 N–H and O–H groups in total. The Morgan fingerprint density at radius 3 is 2.60 bits per heavy atom. The Labute approximate surface area is 126 Å². The highest BCUT2D eigenvalue weighted by Gasteiger charge is 2.20. The van der Waals surface area contributed by atoms with Crippen molar-refractivity contribution < 1.29 is 9.13 Å². The Morgan fingerprint density at radius 2 is 1.95 bits per heavy atom. The summed E-state index contributed by atoms with van der Waals surface area (Å²) in [5.74, 6) is 5.99. The van der Waals surface area contributed by atoms with E-state index in [1.54, 1.807) is 19.2 Å². The number of hydrogen-bond donors (Lipinski definition) is 2. The molecule has 5 heteroatoms. The van der Waals surface area contributed by atoms with E-state index in [9.17, 15) is 4.39 Å². The summed E-state index contributed by atoms with van der Waals surface area (Å²) >= 11 is 3.35. The highest BCUT2D eigenvalue weighted by molar-refractivity contribution is 9.10. The van der Waals surface area contributed by atoms with Crippen molar-refractivity contribution in [3.05, 3.63) is 63.4 Å². The van der Waals surface area contributed by atoms with E-state index in [-0.39, 0.29) is 5.82 Å². The average molecular weight is 339 g/mol. The molecule has 0 aliphatic rings. The first-order chi connectivity index (χ1) is 9.56. The van der Waals surface area contributed by atoms with Crippen molar-refractivity contribution in [2.45, 2.75) is 13.0 Å². The van der Waals surface area contributed by atoms with Gasteiger partial charge in [-0.1, -0.05) is 33.6 Å². The van der Waals surface area contributed by atoms with Crippen LogP contribution < -0.4 is 16.0 Å². The second-order valence-corrected chi connectivity index (χ2v) is 5.43. The van der Waals surface area contributed by atoms with Gasteiger partial charge in [0.15, 0.2) is 0 Å². The first-order valence-electron chi connectivity index (χ1n) is 6.12. The maximum Gasteiger partial charge on any atom is 0.128 e. The normalized spacial score (nSPS) is 12.2. The van der Waals surface area contributed by atoms with Gasteiger partial charge in [0.05, 0.1) is 13.2 Å². The van der Waals surface area contributed by atoms with E-state index in [1.165, 1.54) is 6.07 Å². The molecule has 0 spiro atoms. The quantitative estimate of drug-likeness (QED) is 0.663. The van der Waals surface area contributed by atoms with Crippen molar-refractivity contribution >= 4 is 15.9 Å². The number of halogens is 2. The lowest BCUT2D eigenvalue weighted by molar-refractivity contribution is 0.403. The number of nitrogens with one attached hydrogen (secondary N) is 1. The number of nitrogens with two attached hydrogens (primary N) is 1. The number of hydrogen-bond acceptors (Lipinski definition) is 3. The lowest BCUT2D eigenvalue weighted by atomic mass is 9.96. The maximum atomic E-state index is 14.1. The number of ether oxygens (including phenoxy) is 1. The van der Waals surface area contributed by atoms with E-state index < -0.39 is 6.04 Å². The van der Waals surface area contributed by atoms with E-state index in [0.29, 0.717) is 11.3 Å². The molecule has 3 nitrogen and oxygen atoms in total.